The number of benzene rings is 1. The summed E-state index contributed by atoms with van der Waals surface area (Å²) < 4.78 is 5.86. The largest absolute Gasteiger partial charge is 0.490 e. The van der Waals surface area contributed by atoms with Gasteiger partial charge in [-0.05, 0) is 57.6 Å². The molecule has 0 aromatic heterocycles. The summed E-state index contributed by atoms with van der Waals surface area (Å²) in [7, 11) is 0. The fraction of sp³-hybridized carbons (Fsp3) is 0.700. The van der Waals surface area contributed by atoms with E-state index in [-0.39, 0.29) is 23.4 Å². The van der Waals surface area contributed by atoms with Crippen LogP contribution in [-0.2, 0) is 0 Å². The highest BCUT2D eigenvalue weighted by molar-refractivity contribution is 5.85. The molecule has 1 aromatic rings. The third-order valence-corrected chi connectivity index (χ3v) is 3.81. The fourth-order valence-electron chi connectivity index (χ4n) is 3.42. The number of β-amino-alcohol motifs (C(OH)–C–C–N with tert-alkyl or cyclic N) is 1. The van der Waals surface area contributed by atoms with Crippen LogP contribution in [-0.4, -0.2) is 29.9 Å². The van der Waals surface area contributed by atoms with Crippen molar-refractivity contribution in [3.05, 3.63) is 28.8 Å². The topological polar surface area (TPSA) is 41.5 Å². The second kappa shape index (κ2) is 9.07. The van der Waals surface area contributed by atoms with Crippen molar-refractivity contribution in [3.8, 4) is 5.75 Å². The number of aliphatic hydroxyl groups excluding tert-OH is 1. The Balaban J connectivity index is 0.00000529. The average molecular weight is 358 g/mol. The first kappa shape index (κ1) is 23.2. The molecule has 3 nitrogen and oxygen atoms in total. The van der Waals surface area contributed by atoms with E-state index in [1.165, 1.54) is 5.56 Å². The van der Waals surface area contributed by atoms with Crippen molar-refractivity contribution in [2.24, 2.45) is 5.41 Å². The minimum Gasteiger partial charge on any atom is -0.490 e. The lowest BCUT2D eigenvalue weighted by molar-refractivity contribution is 0.0938. The van der Waals surface area contributed by atoms with Crippen LogP contribution in [0.3, 0.4) is 0 Å². The van der Waals surface area contributed by atoms with E-state index in [1.54, 1.807) is 0 Å². The van der Waals surface area contributed by atoms with Gasteiger partial charge in [0.15, 0.2) is 0 Å². The summed E-state index contributed by atoms with van der Waals surface area (Å²) in [5.74, 6) is 0.892. The van der Waals surface area contributed by atoms with Gasteiger partial charge < -0.3 is 15.2 Å². The normalized spacial score (nSPS) is 13.4. The van der Waals surface area contributed by atoms with E-state index in [2.05, 4.69) is 59.0 Å². The van der Waals surface area contributed by atoms with Crippen molar-refractivity contribution in [2.75, 3.05) is 13.2 Å². The maximum absolute atomic E-state index is 10.2. The van der Waals surface area contributed by atoms with Crippen molar-refractivity contribution >= 4 is 12.4 Å². The first-order valence-electron chi connectivity index (χ1n) is 8.53. The zero-order valence-corrected chi connectivity index (χ0v) is 17.4. The van der Waals surface area contributed by atoms with Crippen LogP contribution in [0.1, 0.15) is 57.7 Å². The lowest BCUT2D eigenvalue weighted by Crippen LogP contribution is -2.46. The van der Waals surface area contributed by atoms with Gasteiger partial charge in [0, 0.05) is 12.1 Å². The van der Waals surface area contributed by atoms with Crippen LogP contribution >= 0.6 is 12.4 Å². The minimum absolute atomic E-state index is 0. The van der Waals surface area contributed by atoms with E-state index < -0.39 is 6.10 Å². The number of aliphatic hydroxyl groups is 1. The third kappa shape index (κ3) is 8.36. The van der Waals surface area contributed by atoms with Gasteiger partial charge >= 0.3 is 0 Å². The Bertz CT molecular complexity index is 498. The number of nitrogens with one attached hydrogen (secondary N) is 1. The van der Waals surface area contributed by atoms with E-state index in [9.17, 15) is 5.11 Å². The number of hydrogen-bond acceptors (Lipinski definition) is 3. The second-order valence-electron chi connectivity index (χ2n) is 8.69. The monoisotopic (exact) mass is 357 g/mol. The van der Waals surface area contributed by atoms with Gasteiger partial charge in [-0.15, -0.1) is 12.4 Å². The molecule has 0 aliphatic heterocycles. The first-order valence-corrected chi connectivity index (χ1v) is 8.53. The second-order valence-corrected chi connectivity index (χ2v) is 8.69. The Morgan fingerprint density at radius 1 is 1.04 bits per heavy atom. The highest BCUT2D eigenvalue weighted by atomic mass is 35.5. The van der Waals surface area contributed by atoms with E-state index in [0.717, 1.165) is 23.3 Å². The van der Waals surface area contributed by atoms with Crippen LogP contribution in [0.4, 0.5) is 0 Å². The molecule has 0 bridgehead atoms. The summed E-state index contributed by atoms with van der Waals surface area (Å²) in [6, 6.07) is 4.22. The number of halogens is 1. The Kier molecular flexibility index (Phi) is 8.78. The van der Waals surface area contributed by atoms with Gasteiger partial charge in [0.05, 0.1) is 0 Å². The van der Waals surface area contributed by atoms with Gasteiger partial charge in [0.25, 0.3) is 0 Å². The summed E-state index contributed by atoms with van der Waals surface area (Å²) in [6.45, 7) is 18.1. The Labute approximate surface area is 154 Å². The van der Waals surface area contributed by atoms with Gasteiger partial charge in [-0.2, -0.15) is 0 Å². The van der Waals surface area contributed by atoms with Crippen LogP contribution in [0.25, 0.3) is 0 Å². The molecule has 1 unspecified atom stereocenters. The molecule has 4 heteroatoms. The van der Waals surface area contributed by atoms with Crippen molar-refractivity contribution in [3.63, 3.8) is 0 Å². The van der Waals surface area contributed by atoms with Crippen molar-refractivity contribution in [1.29, 1.82) is 0 Å². The number of rotatable bonds is 7. The lowest BCUT2D eigenvalue weighted by atomic mass is 9.82. The lowest BCUT2D eigenvalue weighted by Gasteiger charge is -2.34. The molecule has 1 atom stereocenters. The number of aryl methyl sites for hydroxylation is 3. The molecule has 0 fully saturated rings. The molecule has 140 valence electrons. The summed E-state index contributed by atoms with van der Waals surface area (Å²) >= 11 is 0. The highest BCUT2D eigenvalue weighted by Gasteiger charge is 2.25. The van der Waals surface area contributed by atoms with Crippen LogP contribution in [0, 0.1) is 26.2 Å². The van der Waals surface area contributed by atoms with Crippen molar-refractivity contribution < 1.29 is 9.84 Å². The predicted molar refractivity (Wildman–Crippen MR) is 106 cm³/mol. The maximum Gasteiger partial charge on any atom is 0.125 e. The molecule has 24 heavy (non-hydrogen) atoms. The molecule has 0 aliphatic carbocycles. The molecular formula is C20H36ClNO2. The SMILES string of the molecule is Cc1cc(C)c(OCC(O)CNC(C)(C)CC(C)(C)C)c(C)c1.Cl. The summed E-state index contributed by atoms with van der Waals surface area (Å²) in [5.41, 5.74) is 3.73. The molecule has 0 amide bonds. The van der Waals surface area contributed by atoms with Crippen LogP contribution in [0.5, 0.6) is 5.75 Å². The number of ether oxygens (including phenoxy) is 1. The molecular weight excluding hydrogens is 322 g/mol. The van der Waals surface area contributed by atoms with Gasteiger partial charge in [-0.25, -0.2) is 0 Å². The molecule has 1 aromatic carbocycles. The minimum atomic E-state index is -0.519. The summed E-state index contributed by atoms with van der Waals surface area (Å²) in [6.07, 6.45) is 0.526. The first-order chi connectivity index (χ1) is 10.4. The molecule has 0 spiro atoms. The van der Waals surface area contributed by atoms with E-state index >= 15 is 0 Å². The summed E-state index contributed by atoms with van der Waals surface area (Å²) in [4.78, 5) is 0. The van der Waals surface area contributed by atoms with E-state index in [1.807, 2.05) is 13.8 Å². The molecule has 0 aliphatic rings. The Morgan fingerprint density at radius 3 is 2.00 bits per heavy atom. The molecule has 1 rings (SSSR count). The van der Waals surface area contributed by atoms with Gasteiger partial charge in [0.1, 0.15) is 18.5 Å². The Hall–Kier alpha value is -0.770. The molecule has 2 N–H and O–H groups in total. The molecule has 0 saturated carbocycles. The van der Waals surface area contributed by atoms with Crippen LogP contribution in [0.15, 0.2) is 12.1 Å². The van der Waals surface area contributed by atoms with Crippen molar-refractivity contribution in [2.45, 2.75) is 73.5 Å². The Morgan fingerprint density at radius 2 is 1.54 bits per heavy atom. The molecule has 0 saturated heterocycles. The van der Waals surface area contributed by atoms with Gasteiger partial charge in [0.2, 0.25) is 0 Å². The fourth-order valence-corrected chi connectivity index (χ4v) is 3.42. The quantitative estimate of drug-likeness (QED) is 0.750. The summed E-state index contributed by atoms with van der Waals surface area (Å²) in [5, 5.41) is 13.7. The van der Waals surface area contributed by atoms with Gasteiger partial charge in [-0.3, -0.25) is 0 Å². The van der Waals surface area contributed by atoms with Crippen LogP contribution in [0.2, 0.25) is 0 Å². The predicted octanol–water partition coefficient (Wildman–Crippen LogP) is 4.58. The standard InChI is InChI=1S/C20H35NO2.ClH/c1-14-9-15(2)18(16(3)10-14)23-12-17(22)11-21-20(7,8)13-19(4,5)6;/h9-10,17,21-22H,11-13H2,1-8H3;1H. The smallest absolute Gasteiger partial charge is 0.125 e. The van der Waals surface area contributed by atoms with Gasteiger partial charge in [-0.1, -0.05) is 38.5 Å². The highest BCUT2D eigenvalue weighted by Crippen LogP contribution is 2.27. The van der Waals surface area contributed by atoms with Crippen LogP contribution < -0.4 is 10.1 Å². The third-order valence-electron chi connectivity index (χ3n) is 3.81. The zero-order valence-electron chi connectivity index (χ0n) is 16.6. The average Bonchev–Trinajstić information content (AvgIpc) is 2.32. The zero-order chi connectivity index (χ0) is 17.8. The van der Waals surface area contributed by atoms with E-state index in [4.69, 9.17) is 4.74 Å². The van der Waals surface area contributed by atoms with Crippen molar-refractivity contribution in [1.82, 2.24) is 5.32 Å². The molecule has 0 heterocycles. The number of hydrogen-bond donors (Lipinski definition) is 2. The molecule has 0 radical (unpaired) electrons. The van der Waals surface area contributed by atoms with E-state index in [0.29, 0.717) is 13.2 Å². The maximum atomic E-state index is 10.2.